The van der Waals surface area contributed by atoms with E-state index in [2.05, 4.69) is 10.5 Å². The van der Waals surface area contributed by atoms with Crippen LogP contribution in [-0.2, 0) is 19.2 Å². The summed E-state index contributed by atoms with van der Waals surface area (Å²) in [7, 11) is 0. The number of thioether (sulfide) groups is 1. The fraction of sp³-hybridized carbons (Fsp3) is 0.438. The molecule has 3 rings (SSSR count). The number of carbonyl (C=O) groups is 4. The molecule has 28 heavy (non-hydrogen) atoms. The standard InChI is InChI=1S/C16H18N4O5S2.H2O/c1-9(21)18-17-6-16(15(24)25)7-19-13(23)12(14(19)27-8-16)20(10(2)22)11-4-3-5-26-11;/h3-6,12,14H,7-8H2,1-2H3,(H,18,21)(H,24,25);1H2/t12?,14-,16?;/m1./s1. The van der Waals surface area contributed by atoms with Gasteiger partial charge in [-0.1, -0.05) is 0 Å². The highest BCUT2D eigenvalue weighted by Crippen LogP contribution is 2.44. The number of β-lactam (4-membered cyclic amide) rings is 1. The van der Waals surface area contributed by atoms with Crippen LogP contribution in [-0.4, -0.2) is 69.1 Å². The molecule has 152 valence electrons. The van der Waals surface area contributed by atoms with Crippen LogP contribution in [0.4, 0.5) is 5.00 Å². The molecule has 3 atom stereocenters. The summed E-state index contributed by atoms with van der Waals surface area (Å²) in [6, 6.07) is 2.93. The summed E-state index contributed by atoms with van der Waals surface area (Å²) in [6.07, 6.45) is 1.17. The minimum atomic E-state index is -1.39. The predicted octanol–water partition coefficient (Wildman–Crippen LogP) is -0.247. The Hall–Kier alpha value is -2.44. The molecule has 12 heteroatoms. The highest BCUT2D eigenvalue weighted by atomic mass is 32.2. The van der Waals surface area contributed by atoms with E-state index in [0.29, 0.717) is 5.00 Å². The van der Waals surface area contributed by atoms with Crippen LogP contribution in [0.2, 0.25) is 0 Å². The topological polar surface area (TPSA) is 151 Å². The van der Waals surface area contributed by atoms with E-state index in [1.165, 1.54) is 53.0 Å². The fourth-order valence-corrected chi connectivity index (χ4v) is 5.43. The first-order chi connectivity index (χ1) is 12.8. The maximum absolute atomic E-state index is 12.7. The van der Waals surface area contributed by atoms with Crippen molar-refractivity contribution in [1.82, 2.24) is 10.3 Å². The second kappa shape index (κ2) is 8.29. The normalized spacial score (nSPS) is 26.1. The molecule has 4 N–H and O–H groups in total. The summed E-state index contributed by atoms with van der Waals surface area (Å²) < 4.78 is 0. The predicted molar refractivity (Wildman–Crippen MR) is 105 cm³/mol. The van der Waals surface area contributed by atoms with Gasteiger partial charge >= 0.3 is 5.97 Å². The van der Waals surface area contributed by atoms with Gasteiger partial charge in [-0.3, -0.25) is 24.1 Å². The van der Waals surface area contributed by atoms with Gasteiger partial charge in [-0.2, -0.15) is 5.10 Å². The van der Waals surface area contributed by atoms with Crippen LogP contribution in [0.5, 0.6) is 0 Å². The van der Waals surface area contributed by atoms with Crippen LogP contribution in [0.25, 0.3) is 0 Å². The average molecular weight is 428 g/mol. The van der Waals surface area contributed by atoms with Crippen LogP contribution in [0.15, 0.2) is 22.6 Å². The number of anilines is 1. The van der Waals surface area contributed by atoms with Crippen molar-refractivity contribution < 1.29 is 29.8 Å². The largest absolute Gasteiger partial charge is 0.480 e. The van der Waals surface area contributed by atoms with Crippen molar-refractivity contribution in [2.24, 2.45) is 10.5 Å². The van der Waals surface area contributed by atoms with Crippen molar-refractivity contribution in [1.29, 1.82) is 0 Å². The van der Waals surface area contributed by atoms with Gasteiger partial charge in [0.2, 0.25) is 17.7 Å². The molecule has 1 aromatic rings. The Morgan fingerprint density at radius 1 is 1.43 bits per heavy atom. The summed E-state index contributed by atoms with van der Waals surface area (Å²) in [5, 5.41) is 15.6. The van der Waals surface area contributed by atoms with Crippen LogP contribution in [0.1, 0.15) is 13.8 Å². The lowest BCUT2D eigenvalue weighted by Gasteiger charge is -2.55. The summed E-state index contributed by atoms with van der Waals surface area (Å²) >= 11 is 2.66. The lowest BCUT2D eigenvalue weighted by molar-refractivity contribution is -0.153. The van der Waals surface area contributed by atoms with E-state index in [0.717, 1.165) is 0 Å². The molecule has 0 bridgehead atoms. The SMILES string of the molecule is CC(=O)NN=CC1(C(=O)O)CS[C@@H]2C(N(C(C)=O)c3cccs3)C(=O)N2C1.O. The molecule has 2 fully saturated rings. The fourth-order valence-electron chi connectivity index (χ4n) is 3.08. The maximum atomic E-state index is 12.7. The van der Waals surface area contributed by atoms with E-state index in [1.807, 2.05) is 5.38 Å². The van der Waals surface area contributed by atoms with Crippen molar-refractivity contribution in [2.45, 2.75) is 25.3 Å². The quantitative estimate of drug-likeness (QED) is 0.375. The average Bonchev–Trinajstić information content (AvgIpc) is 3.12. The van der Waals surface area contributed by atoms with Gasteiger partial charge in [-0.25, -0.2) is 5.43 Å². The number of hydrogen-bond donors (Lipinski definition) is 2. The van der Waals surface area contributed by atoms with Crippen LogP contribution in [0, 0.1) is 5.41 Å². The number of carboxylic acids is 1. The molecule has 0 aliphatic carbocycles. The van der Waals surface area contributed by atoms with Crippen molar-refractivity contribution in [3.8, 4) is 0 Å². The monoisotopic (exact) mass is 428 g/mol. The lowest BCUT2D eigenvalue weighted by atomic mass is 9.88. The molecule has 2 aliphatic rings. The first kappa shape index (κ1) is 21.9. The van der Waals surface area contributed by atoms with Gasteiger partial charge in [0, 0.05) is 32.4 Å². The van der Waals surface area contributed by atoms with Crippen LogP contribution < -0.4 is 10.3 Å². The van der Waals surface area contributed by atoms with Crippen molar-refractivity contribution in [3.63, 3.8) is 0 Å². The van der Waals surface area contributed by atoms with Gasteiger partial charge in [0.25, 0.3) is 0 Å². The molecular formula is C16H20N4O6S2. The third-order valence-corrected chi connectivity index (χ3v) is 6.80. The van der Waals surface area contributed by atoms with E-state index in [1.54, 1.807) is 12.1 Å². The van der Waals surface area contributed by atoms with Crippen LogP contribution >= 0.6 is 23.1 Å². The molecule has 3 heterocycles. The van der Waals surface area contributed by atoms with Crippen molar-refractivity contribution >= 4 is 58.0 Å². The van der Waals surface area contributed by atoms with Gasteiger partial charge < -0.3 is 15.5 Å². The molecule has 2 unspecified atom stereocenters. The second-order valence-electron chi connectivity index (χ2n) is 6.34. The third kappa shape index (κ3) is 3.75. The second-order valence-corrected chi connectivity index (χ2v) is 8.37. The van der Waals surface area contributed by atoms with E-state index >= 15 is 0 Å². The highest BCUT2D eigenvalue weighted by molar-refractivity contribution is 8.00. The summed E-state index contributed by atoms with van der Waals surface area (Å²) in [6.45, 7) is 2.61. The van der Waals surface area contributed by atoms with E-state index < -0.39 is 23.3 Å². The minimum Gasteiger partial charge on any atom is -0.480 e. The number of hydrogen-bond acceptors (Lipinski definition) is 7. The first-order valence-corrected chi connectivity index (χ1v) is 9.99. The number of amides is 3. The molecule has 2 saturated heterocycles. The molecule has 10 nitrogen and oxygen atoms in total. The van der Waals surface area contributed by atoms with E-state index in [4.69, 9.17) is 0 Å². The van der Waals surface area contributed by atoms with Crippen molar-refractivity contribution in [2.75, 3.05) is 17.2 Å². The number of hydrazone groups is 1. The smallest absolute Gasteiger partial charge is 0.317 e. The minimum absolute atomic E-state index is 0. The van der Waals surface area contributed by atoms with Gasteiger partial charge in [0.05, 0.1) is 5.00 Å². The first-order valence-electron chi connectivity index (χ1n) is 8.06. The zero-order chi connectivity index (χ0) is 19.8. The Labute approximate surface area is 168 Å². The number of carbonyl (C=O) groups excluding carboxylic acids is 3. The number of nitrogens with zero attached hydrogens (tertiary/aromatic N) is 3. The molecule has 0 saturated carbocycles. The third-order valence-electron chi connectivity index (χ3n) is 4.40. The Kier molecular flexibility index (Phi) is 6.47. The Morgan fingerprint density at radius 3 is 2.68 bits per heavy atom. The summed E-state index contributed by atoms with van der Waals surface area (Å²) in [5.41, 5.74) is 0.797. The van der Waals surface area contributed by atoms with Gasteiger partial charge in [-0.05, 0) is 17.5 Å². The number of nitrogens with one attached hydrogen (secondary N) is 1. The number of fused-ring (bicyclic) bond motifs is 1. The molecular weight excluding hydrogens is 408 g/mol. The number of aliphatic carboxylic acids is 1. The molecule has 0 radical (unpaired) electrons. The highest BCUT2D eigenvalue weighted by Gasteiger charge is 2.59. The van der Waals surface area contributed by atoms with Gasteiger partial charge in [-0.15, -0.1) is 23.1 Å². The van der Waals surface area contributed by atoms with Gasteiger partial charge in [0.1, 0.15) is 16.8 Å². The number of thiophene rings is 1. The number of carboxylic acid groups (broad SMARTS) is 1. The lowest BCUT2D eigenvalue weighted by Crippen LogP contribution is -2.74. The van der Waals surface area contributed by atoms with Crippen LogP contribution in [0.3, 0.4) is 0 Å². The van der Waals surface area contributed by atoms with Crippen molar-refractivity contribution in [3.05, 3.63) is 17.5 Å². The molecule has 1 aromatic heterocycles. The van der Waals surface area contributed by atoms with Gasteiger partial charge in [0.15, 0.2) is 0 Å². The summed E-state index contributed by atoms with van der Waals surface area (Å²) in [4.78, 5) is 50.6. The molecule has 2 aliphatic heterocycles. The maximum Gasteiger partial charge on any atom is 0.317 e. The Bertz CT molecular complexity index is 814. The zero-order valence-electron chi connectivity index (χ0n) is 15.1. The number of rotatable bonds is 5. The molecule has 0 spiro atoms. The Balaban J connectivity index is 0.00000280. The molecule has 3 amide bonds. The van der Waals surface area contributed by atoms with E-state index in [-0.39, 0.29) is 35.0 Å². The summed E-state index contributed by atoms with van der Waals surface area (Å²) in [5.74, 6) is -1.90. The molecule has 0 aromatic carbocycles. The zero-order valence-corrected chi connectivity index (χ0v) is 16.7. The van der Waals surface area contributed by atoms with E-state index in [9.17, 15) is 24.3 Å². The Morgan fingerprint density at radius 2 is 2.14 bits per heavy atom.